The van der Waals surface area contributed by atoms with Gasteiger partial charge in [-0.05, 0) is 19.1 Å². The van der Waals surface area contributed by atoms with Crippen molar-refractivity contribution in [2.75, 3.05) is 44.4 Å². The fraction of sp³-hybridized carbons (Fsp3) is 1.00. The van der Waals surface area contributed by atoms with E-state index in [1.165, 1.54) is 24.5 Å². The molecule has 2 aliphatic heterocycles. The average molecular weight is 230 g/mol. The second-order valence-corrected chi connectivity index (χ2v) is 5.69. The van der Waals surface area contributed by atoms with E-state index >= 15 is 0 Å². The van der Waals surface area contributed by atoms with E-state index in [1.54, 1.807) is 0 Å². The number of thioether (sulfide) groups is 1. The van der Waals surface area contributed by atoms with Gasteiger partial charge in [0.1, 0.15) is 0 Å². The molecular weight excluding hydrogens is 208 g/mol. The van der Waals surface area contributed by atoms with E-state index < -0.39 is 0 Å². The Morgan fingerprint density at radius 1 is 1.47 bits per heavy atom. The van der Waals surface area contributed by atoms with E-state index in [-0.39, 0.29) is 0 Å². The number of nitrogens with one attached hydrogen (secondary N) is 1. The summed E-state index contributed by atoms with van der Waals surface area (Å²) < 4.78 is 5.35. The fourth-order valence-corrected chi connectivity index (χ4v) is 3.46. The second kappa shape index (κ2) is 6.09. The molecule has 0 radical (unpaired) electrons. The van der Waals surface area contributed by atoms with Crippen LogP contribution in [0.15, 0.2) is 0 Å². The molecule has 0 spiro atoms. The third-order valence-corrected chi connectivity index (χ3v) is 4.25. The van der Waals surface area contributed by atoms with E-state index in [1.807, 2.05) is 0 Å². The number of hydrogen-bond donors (Lipinski definition) is 1. The lowest BCUT2D eigenvalue weighted by atomic mass is 10.2. The monoisotopic (exact) mass is 230 g/mol. The van der Waals surface area contributed by atoms with Gasteiger partial charge in [0.05, 0.1) is 13.2 Å². The SMILES string of the molecule is CC(CN1CCOCC1)NC1CCSC1. The predicted octanol–water partition coefficient (Wildman–Crippen LogP) is 0.802. The topological polar surface area (TPSA) is 24.5 Å². The van der Waals surface area contributed by atoms with Crippen molar-refractivity contribution in [2.45, 2.75) is 25.4 Å². The molecule has 0 saturated carbocycles. The van der Waals surface area contributed by atoms with Crippen LogP contribution in [-0.4, -0.2) is 61.3 Å². The van der Waals surface area contributed by atoms with Crippen molar-refractivity contribution in [1.29, 1.82) is 0 Å². The van der Waals surface area contributed by atoms with Gasteiger partial charge in [-0.1, -0.05) is 0 Å². The van der Waals surface area contributed by atoms with Gasteiger partial charge in [0.15, 0.2) is 0 Å². The molecule has 2 unspecified atom stereocenters. The Labute approximate surface area is 96.9 Å². The highest BCUT2D eigenvalue weighted by Crippen LogP contribution is 2.17. The molecule has 3 nitrogen and oxygen atoms in total. The summed E-state index contributed by atoms with van der Waals surface area (Å²) >= 11 is 2.07. The molecule has 2 saturated heterocycles. The molecule has 0 aliphatic carbocycles. The smallest absolute Gasteiger partial charge is 0.0594 e. The molecule has 1 N–H and O–H groups in total. The first kappa shape index (κ1) is 11.7. The first-order valence-corrected chi connectivity index (χ1v) is 7.14. The molecule has 2 aliphatic rings. The fourth-order valence-electron chi connectivity index (χ4n) is 2.29. The Balaban J connectivity index is 1.64. The maximum Gasteiger partial charge on any atom is 0.0594 e. The molecule has 0 aromatic rings. The molecule has 2 atom stereocenters. The van der Waals surface area contributed by atoms with Crippen LogP contribution in [0.4, 0.5) is 0 Å². The molecule has 0 aromatic carbocycles. The second-order valence-electron chi connectivity index (χ2n) is 4.54. The zero-order chi connectivity index (χ0) is 10.5. The van der Waals surface area contributed by atoms with Gasteiger partial charge >= 0.3 is 0 Å². The third kappa shape index (κ3) is 3.94. The van der Waals surface area contributed by atoms with Crippen molar-refractivity contribution in [1.82, 2.24) is 10.2 Å². The number of ether oxygens (including phenoxy) is 1. The van der Waals surface area contributed by atoms with Gasteiger partial charge in [0, 0.05) is 37.5 Å². The molecule has 2 fully saturated rings. The standard InChI is InChI=1S/C11H22N2OS/c1-10(12-11-2-7-15-9-11)8-13-3-5-14-6-4-13/h10-12H,2-9H2,1H3. The van der Waals surface area contributed by atoms with Gasteiger partial charge in [0.2, 0.25) is 0 Å². The van der Waals surface area contributed by atoms with Gasteiger partial charge in [-0.25, -0.2) is 0 Å². The summed E-state index contributed by atoms with van der Waals surface area (Å²) in [6.45, 7) is 7.50. The summed E-state index contributed by atoms with van der Waals surface area (Å²) in [7, 11) is 0. The Bertz CT molecular complexity index is 179. The van der Waals surface area contributed by atoms with Crippen LogP contribution in [0.25, 0.3) is 0 Å². The normalized spacial score (nSPS) is 30.6. The summed E-state index contributed by atoms with van der Waals surface area (Å²) in [4.78, 5) is 2.50. The van der Waals surface area contributed by atoms with Gasteiger partial charge < -0.3 is 10.1 Å². The van der Waals surface area contributed by atoms with Gasteiger partial charge in [-0.2, -0.15) is 11.8 Å². The maximum atomic E-state index is 5.35. The zero-order valence-electron chi connectivity index (χ0n) is 9.58. The van der Waals surface area contributed by atoms with Gasteiger partial charge in [-0.3, -0.25) is 4.90 Å². The highest BCUT2D eigenvalue weighted by Gasteiger charge is 2.19. The van der Waals surface area contributed by atoms with Crippen molar-refractivity contribution in [3.63, 3.8) is 0 Å². The van der Waals surface area contributed by atoms with Gasteiger partial charge in [-0.15, -0.1) is 0 Å². The van der Waals surface area contributed by atoms with Crippen LogP contribution in [-0.2, 0) is 4.74 Å². The first-order valence-electron chi connectivity index (χ1n) is 5.98. The molecule has 0 bridgehead atoms. The lowest BCUT2D eigenvalue weighted by Crippen LogP contribution is -2.47. The van der Waals surface area contributed by atoms with Gasteiger partial charge in [0.25, 0.3) is 0 Å². The van der Waals surface area contributed by atoms with E-state index in [4.69, 9.17) is 4.74 Å². The van der Waals surface area contributed by atoms with Crippen LogP contribution in [0, 0.1) is 0 Å². The Morgan fingerprint density at radius 2 is 2.27 bits per heavy atom. The molecule has 2 rings (SSSR count). The summed E-state index contributed by atoms with van der Waals surface area (Å²) in [6, 6.07) is 1.37. The Hall–Kier alpha value is 0.230. The summed E-state index contributed by atoms with van der Waals surface area (Å²) in [5.74, 6) is 2.63. The number of morpholine rings is 1. The summed E-state index contributed by atoms with van der Waals surface area (Å²) in [5, 5.41) is 3.72. The highest BCUT2D eigenvalue weighted by atomic mass is 32.2. The van der Waals surface area contributed by atoms with Crippen LogP contribution >= 0.6 is 11.8 Å². The molecule has 4 heteroatoms. The van der Waals surface area contributed by atoms with Crippen LogP contribution in [0.5, 0.6) is 0 Å². The predicted molar refractivity (Wildman–Crippen MR) is 65.6 cm³/mol. The average Bonchev–Trinajstić information content (AvgIpc) is 2.71. The number of hydrogen-bond acceptors (Lipinski definition) is 4. The molecule has 0 amide bonds. The minimum atomic E-state index is 0.617. The lowest BCUT2D eigenvalue weighted by molar-refractivity contribution is 0.0340. The van der Waals surface area contributed by atoms with Crippen LogP contribution in [0.3, 0.4) is 0 Å². The Morgan fingerprint density at radius 3 is 2.93 bits per heavy atom. The minimum Gasteiger partial charge on any atom is -0.379 e. The maximum absolute atomic E-state index is 5.35. The molecular formula is C11H22N2OS. The molecule has 0 aromatic heterocycles. The van der Waals surface area contributed by atoms with Crippen molar-refractivity contribution in [2.24, 2.45) is 0 Å². The Kier molecular flexibility index (Phi) is 4.75. The van der Waals surface area contributed by atoms with Crippen LogP contribution < -0.4 is 5.32 Å². The van der Waals surface area contributed by atoms with E-state index in [0.29, 0.717) is 6.04 Å². The molecule has 88 valence electrons. The molecule has 15 heavy (non-hydrogen) atoms. The summed E-state index contributed by atoms with van der Waals surface area (Å²) in [6.07, 6.45) is 1.35. The van der Waals surface area contributed by atoms with E-state index in [2.05, 4.69) is 28.9 Å². The van der Waals surface area contributed by atoms with Crippen molar-refractivity contribution in [3.05, 3.63) is 0 Å². The number of rotatable bonds is 4. The quantitative estimate of drug-likeness (QED) is 0.772. The van der Waals surface area contributed by atoms with Crippen LogP contribution in [0.2, 0.25) is 0 Å². The van der Waals surface area contributed by atoms with E-state index in [9.17, 15) is 0 Å². The number of nitrogens with zero attached hydrogens (tertiary/aromatic N) is 1. The largest absolute Gasteiger partial charge is 0.379 e. The van der Waals surface area contributed by atoms with E-state index in [0.717, 1.165) is 32.3 Å². The highest BCUT2D eigenvalue weighted by molar-refractivity contribution is 7.99. The zero-order valence-corrected chi connectivity index (χ0v) is 10.4. The first-order chi connectivity index (χ1) is 7.34. The van der Waals surface area contributed by atoms with Crippen molar-refractivity contribution in [3.8, 4) is 0 Å². The summed E-state index contributed by atoms with van der Waals surface area (Å²) in [5.41, 5.74) is 0. The van der Waals surface area contributed by atoms with Crippen LogP contribution in [0.1, 0.15) is 13.3 Å². The molecule has 2 heterocycles. The third-order valence-electron chi connectivity index (χ3n) is 3.09. The minimum absolute atomic E-state index is 0.617. The van der Waals surface area contributed by atoms with Crippen molar-refractivity contribution >= 4 is 11.8 Å². The van der Waals surface area contributed by atoms with Crippen molar-refractivity contribution < 1.29 is 4.74 Å². The lowest BCUT2D eigenvalue weighted by Gasteiger charge is -2.30.